The van der Waals surface area contributed by atoms with Crippen molar-refractivity contribution in [3.05, 3.63) is 35.4 Å². The number of rotatable bonds is 4. The van der Waals surface area contributed by atoms with Crippen molar-refractivity contribution in [1.29, 1.82) is 0 Å². The van der Waals surface area contributed by atoms with Gasteiger partial charge in [-0.1, -0.05) is 24.3 Å². The van der Waals surface area contributed by atoms with Crippen LogP contribution < -0.4 is 5.73 Å². The van der Waals surface area contributed by atoms with Gasteiger partial charge in [0.2, 0.25) is 0 Å². The first-order valence-electron chi connectivity index (χ1n) is 6.22. The van der Waals surface area contributed by atoms with Gasteiger partial charge in [0.25, 0.3) is 0 Å². The third-order valence-corrected chi connectivity index (χ3v) is 3.47. The van der Waals surface area contributed by atoms with E-state index < -0.39 is 0 Å². The van der Waals surface area contributed by atoms with E-state index in [1.165, 1.54) is 18.5 Å². The summed E-state index contributed by atoms with van der Waals surface area (Å²) in [5, 5.41) is 0. The summed E-state index contributed by atoms with van der Waals surface area (Å²) < 4.78 is 0. The third kappa shape index (κ3) is 2.93. The summed E-state index contributed by atoms with van der Waals surface area (Å²) in [5.41, 5.74) is 7.51. The zero-order valence-electron chi connectivity index (χ0n) is 10.4. The Balaban J connectivity index is 2.05. The highest BCUT2D eigenvalue weighted by Gasteiger charge is 2.20. The van der Waals surface area contributed by atoms with E-state index in [9.17, 15) is 4.79 Å². The Labute approximate surface area is 103 Å². The van der Waals surface area contributed by atoms with E-state index in [0.29, 0.717) is 18.9 Å². The molecule has 1 atom stereocenters. The lowest BCUT2D eigenvalue weighted by molar-refractivity contribution is 0.0985. The molecule has 3 heteroatoms. The van der Waals surface area contributed by atoms with Gasteiger partial charge in [-0.3, -0.25) is 4.79 Å². The average Bonchev–Trinajstić information content (AvgIpc) is 2.76. The summed E-state index contributed by atoms with van der Waals surface area (Å²) in [6.07, 6.45) is 1.65. The second-order valence-corrected chi connectivity index (χ2v) is 4.83. The van der Waals surface area contributed by atoms with Gasteiger partial charge >= 0.3 is 0 Å². The van der Waals surface area contributed by atoms with Crippen LogP contribution in [0, 0.1) is 0 Å². The molecule has 0 aromatic heterocycles. The van der Waals surface area contributed by atoms with E-state index in [4.69, 9.17) is 5.73 Å². The zero-order chi connectivity index (χ0) is 12.3. The molecule has 1 unspecified atom stereocenters. The van der Waals surface area contributed by atoms with Gasteiger partial charge in [0.05, 0.1) is 0 Å². The summed E-state index contributed by atoms with van der Waals surface area (Å²) >= 11 is 0. The first-order chi connectivity index (χ1) is 8.20. The SMILES string of the molecule is CN1CCC(c2ccc(C(=O)CCN)cc2)C1. The maximum absolute atomic E-state index is 11.6. The number of carbonyl (C=O) groups is 1. The van der Waals surface area contributed by atoms with Crippen molar-refractivity contribution in [1.82, 2.24) is 4.90 Å². The largest absolute Gasteiger partial charge is 0.330 e. The Morgan fingerprint density at radius 3 is 2.65 bits per heavy atom. The van der Waals surface area contributed by atoms with Gasteiger partial charge in [0.15, 0.2) is 5.78 Å². The Bertz CT molecular complexity index is 386. The molecule has 0 saturated carbocycles. The van der Waals surface area contributed by atoms with Gasteiger partial charge in [-0.15, -0.1) is 0 Å². The van der Waals surface area contributed by atoms with Crippen LogP contribution in [-0.2, 0) is 0 Å². The maximum atomic E-state index is 11.6. The number of nitrogens with two attached hydrogens (primary N) is 1. The molecule has 0 bridgehead atoms. The molecule has 1 saturated heterocycles. The summed E-state index contributed by atoms with van der Waals surface area (Å²) in [7, 11) is 2.15. The number of carbonyl (C=O) groups excluding carboxylic acids is 1. The smallest absolute Gasteiger partial charge is 0.164 e. The first-order valence-corrected chi connectivity index (χ1v) is 6.22. The normalized spacial score (nSPS) is 20.7. The minimum Gasteiger partial charge on any atom is -0.330 e. The highest BCUT2D eigenvalue weighted by Crippen LogP contribution is 2.26. The molecule has 17 heavy (non-hydrogen) atoms. The van der Waals surface area contributed by atoms with E-state index in [1.807, 2.05) is 12.1 Å². The first kappa shape index (κ1) is 12.3. The second-order valence-electron chi connectivity index (χ2n) is 4.83. The van der Waals surface area contributed by atoms with Gasteiger partial charge in [-0.2, -0.15) is 0 Å². The van der Waals surface area contributed by atoms with Crippen molar-refractivity contribution < 1.29 is 4.79 Å². The molecule has 2 N–H and O–H groups in total. The Hall–Kier alpha value is -1.19. The zero-order valence-corrected chi connectivity index (χ0v) is 10.4. The lowest BCUT2D eigenvalue weighted by Crippen LogP contribution is -2.13. The summed E-state index contributed by atoms with van der Waals surface area (Å²) in [4.78, 5) is 14.0. The number of likely N-dealkylation sites (N-methyl/N-ethyl adjacent to an activating group) is 1. The minimum atomic E-state index is 0.141. The van der Waals surface area contributed by atoms with Gasteiger partial charge in [-0.05, 0) is 38.0 Å². The van der Waals surface area contributed by atoms with Crippen LogP contribution in [0.5, 0.6) is 0 Å². The van der Waals surface area contributed by atoms with Crippen LogP contribution in [0.2, 0.25) is 0 Å². The minimum absolute atomic E-state index is 0.141. The van der Waals surface area contributed by atoms with Crippen LogP contribution in [-0.4, -0.2) is 37.4 Å². The molecule has 1 aromatic carbocycles. The van der Waals surface area contributed by atoms with Gasteiger partial charge in [-0.25, -0.2) is 0 Å². The average molecular weight is 232 g/mol. The molecule has 1 aliphatic rings. The Morgan fingerprint density at radius 1 is 1.41 bits per heavy atom. The van der Waals surface area contributed by atoms with Crippen molar-refractivity contribution >= 4 is 5.78 Å². The number of likely N-dealkylation sites (tertiary alicyclic amines) is 1. The lowest BCUT2D eigenvalue weighted by atomic mass is 9.96. The van der Waals surface area contributed by atoms with E-state index in [2.05, 4.69) is 24.1 Å². The fourth-order valence-electron chi connectivity index (χ4n) is 2.42. The Morgan fingerprint density at radius 2 is 2.12 bits per heavy atom. The van der Waals surface area contributed by atoms with E-state index in [1.54, 1.807) is 0 Å². The molecule has 1 aromatic rings. The van der Waals surface area contributed by atoms with Gasteiger partial charge < -0.3 is 10.6 Å². The van der Waals surface area contributed by atoms with Crippen molar-refractivity contribution in [2.24, 2.45) is 5.73 Å². The predicted molar refractivity (Wildman–Crippen MR) is 69.3 cm³/mol. The molecule has 0 aliphatic carbocycles. The molecule has 0 spiro atoms. The molecule has 92 valence electrons. The Kier molecular flexibility index (Phi) is 3.92. The molecule has 1 aliphatic heterocycles. The van der Waals surface area contributed by atoms with Crippen molar-refractivity contribution in [2.75, 3.05) is 26.7 Å². The summed E-state index contributed by atoms with van der Waals surface area (Å²) in [6, 6.07) is 8.05. The molecule has 0 amide bonds. The summed E-state index contributed by atoms with van der Waals surface area (Å²) in [5.74, 6) is 0.765. The van der Waals surface area contributed by atoms with Crippen LogP contribution in [0.1, 0.15) is 34.7 Å². The van der Waals surface area contributed by atoms with Crippen LogP contribution in [0.15, 0.2) is 24.3 Å². The van der Waals surface area contributed by atoms with E-state index in [0.717, 1.165) is 12.1 Å². The number of ketones is 1. The van der Waals surface area contributed by atoms with Crippen LogP contribution in [0.3, 0.4) is 0 Å². The fourth-order valence-corrected chi connectivity index (χ4v) is 2.42. The molecular formula is C14H20N2O. The number of nitrogens with zero attached hydrogens (tertiary/aromatic N) is 1. The van der Waals surface area contributed by atoms with Crippen molar-refractivity contribution in [2.45, 2.75) is 18.8 Å². The van der Waals surface area contributed by atoms with E-state index >= 15 is 0 Å². The highest BCUT2D eigenvalue weighted by atomic mass is 16.1. The second kappa shape index (κ2) is 5.43. The monoisotopic (exact) mass is 232 g/mol. The lowest BCUT2D eigenvalue weighted by Gasteiger charge is -2.11. The van der Waals surface area contributed by atoms with Gasteiger partial charge in [0.1, 0.15) is 0 Å². The fraction of sp³-hybridized carbons (Fsp3) is 0.500. The van der Waals surface area contributed by atoms with Crippen molar-refractivity contribution in [3.8, 4) is 0 Å². The number of hydrogen-bond acceptors (Lipinski definition) is 3. The number of hydrogen-bond donors (Lipinski definition) is 1. The molecule has 1 heterocycles. The van der Waals surface area contributed by atoms with Crippen LogP contribution in [0.25, 0.3) is 0 Å². The van der Waals surface area contributed by atoms with Crippen LogP contribution >= 0.6 is 0 Å². The van der Waals surface area contributed by atoms with Gasteiger partial charge in [0, 0.05) is 18.5 Å². The third-order valence-electron chi connectivity index (χ3n) is 3.47. The quantitative estimate of drug-likeness (QED) is 0.803. The molecule has 2 rings (SSSR count). The number of benzene rings is 1. The maximum Gasteiger partial charge on any atom is 0.164 e. The van der Waals surface area contributed by atoms with Crippen LogP contribution in [0.4, 0.5) is 0 Å². The molecular weight excluding hydrogens is 212 g/mol. The molecule has 0 radical (unpaired) electrons. The topological polar surface area (TPSA) is 46.3 Å². The summed E-state index contributed by atoms with van der Waals surface area (Å²) in [6.45, 7) is 2.71. The molecule has 3 nitrogen and oxygen atoms in total. The van der Waals surface area contributed by atoms with E-state index in [-0.39, 0.29) is 5.78 Å². The standard InChI is InChI=1S/C14H20N2O/c1-16-9-7-13(10-16)11-2-4-12(5-3-11)14(17)6-8-15/h2-5,13H,6-10,15H2,1H3. The number of Topliss-reactive ketones (excluding diaryl/α,β-unsaturated/α-hetero) is 1. The van der Waals surface area contributed by atoms with Crippen molar-refractivity contribution in [3.63, 3.8) is 0 Å². The predicted octanol–water partition coefficient (Wildman–Crippen LogP) is 1.64. The molecule has 1 fully saturated rings. The highest BCUT2D eigenvalue weighted by molar-refractivity contribution is 5.96.